The van der Waals surface area contributed by atoms with Crippen LogP contribution in [0.15, 0.2) is 41.0 Å². The van der Waals surface area contributed by atoms with Crippen molar-refractivity contribution in [3.05, 3.63) is 53.5 Å². The summed E-state index contributed by atoms with van der Waals surface area (Å²) in [6, 6.07) is 9.25. The highest BCUT2D eigenvalue weighted by molar-refractivity contribution is 5.92. The summed E-state index contributed by atoms with van der Waals surface area (Å²) in [7, 11) is 0. The maximum Gasteiger partial charge on any atom is 0.321 e. The fourth-order valence-corrected chi connectivity index (χ4v) is 3.09. The number of carbonyl (C=O) groups is 2. The summed E-state index contributed by atoms with van der Waals surface area (Å²) >= 11 is 0. The Bertz CT molecular complexity index is 727. The Labute approximate surface area is 147 Å². The van der Waals surface area contributed by atoms with Crippen molar-refractivity contribution in [2.75, 3.05) is 18.4 Å². The van der Waals surface area contributed by atoms with Gasteiger partial charge in [-0.25, -0.2) is 4.79 Å². The molecule has 3 rings (SSSR count). The molecule has 0 aliphatic carbocycles. The third-order valence-corrected chi connectivity index (χ3v) is 4.58. The number of urea groups is 1. The minimum atomic E-state index is -0.205. The van der Waals surface area contributed by atoms with Crippen molar-refractivity contribution in [3.8, 4) is 0 Å². The van der Waals surface area contributed by atoms with Crippen LogP contribution in [-0.2, 0) is 0 Å². The minimum Gasteiger partial charge on any atom is -0.459 e. The van der Waals surface area contributed by atoms with Crippen LogP contribution in [0.25, 0.3) is 0 Å². The van der Waals surface area contributed by atoms with Gasteiger partial charge >= 0.3 is 6.03 Å². The van der Waals surface area contributed by atoms with Gasteiger partial charge < -0.3 is 20.0 Å². The summed E-state index contributed by atoms with van der Waals surface area (Å²) in [6.07, 6.45) is 2.94. The molecule has 25 heavy (non-hydrogen) atoms. The Balaban J connectivity index is 1.52. The van der Waals surface area contributed by atoms with Gasteiger partial charge in [-0.1, -0.05) is 18.2 Å². The summed E-state index contributed by atoms with van der Waals surface area (Å²) in [5.74, 6) is 0.110. The van der Waals surface area contributed by atoms with Crippen LogP contribution in [0, 0.1) is 13.8 Å². The fourth-order valence-electron chi connectivity index (χ4n) is 3.09. The largest absolute Gasteiger partial charge is 0.459 e. The van der Waals surface area contributed by atoms with Crippen LogP contribution in [0.1, 0.15) is 34.5 Å². The van der Waals surface area contributed by atoms with E-state index in [1.165, 1.54) is 6.26 Å². The van der Waals surface area contributed by atoms with Crippen molar-refractivity contribution in [3.63, 3.8) is 0 Å². The van der Waals surface area contributed by atoms with Gasteiger partial charge in [0.1, 0.15) is 0 Å². The highest BCUT2D eigenvalue weighted by Crippen LogP contribution is 2.21. The van der Waals surface area contributed by atoms with Crippen LogP contribution in [0.4, 0.5) is 10.5 Å². The van der Waals surface area contributed by atoms with Gasteiger partial charge in [0.25, 0.3) is 5.91 Å². The predicted molar refractivity (Wildman–Crippen MR) is 95.7 cm³/mol. The fraction of sp³-hybridized carbons (Fsp3) is 0.368. The Hall–Kier alpha value is -2.76. The number of carbonyl (C=O) groups excluding carboxylic acids is 2. The lowest BCUT2D eigenvalue weighted by molar-refractivity contribution is 0.0891. The molecule has 2 aromatic rings. The molecule has 1 aromatic heterocycles. The Morgan fingerprint density at radius 2 is 1.76 bits per heavy atom. The molecule has 0 atom stereocenters. The van der Waals surface area contributed by atoms with Gasteiger partial charge in [-0.3, -0.25) is 4.79 Å². The van der Waals surface area contributed by atoms with E-state index >= 15 is 0 Å². The van der Waals surface area contributed by atoms with Crippen LogP contribution in [0.3, 0.4) is 0 Å². The van der Waals surface area contributed by atoms with Crippen LogP contribution in [-0.4, -0.2) is 36.0 Å². The number of rotatable bonds is 3. The number of hydrogen-bond donors (Lipinski definition) is 2. The van der Waals surface area contributed by atoms with Crippen molar-refractivity contribution < 1.29 is 14.0 Å². The Morgan fingerprint density at radius 1 is 1.08 bits per heavy atom. The number of nitrogens with zero attached hydrogens (tertiary/aromatic N) is 1. The lowest BCUT2D eigenvalue weighted by atomic mass is 10.0. The van der Waals surface area contributed by atoms with E-state index in [-0.39, 0.29) is 18.0 Å². The predicted octanol–water partition coefficient (Wildman–Crippen LogP) is 3.32. The van der Waals surface area contributed by atoms with Crippen LogP contribution in [0.2, 0.25) is 0 Å². The number of furan rings is 1. The molecule has 132 valence electrons. The monoisotopic (exact) mass is 341 g/mol. The summed E-state index contributed by atoms with van der Waals surface area (Å²) in [4.78, 5) is 26.3. The molecular formula is C19H23N3O3. The molecule has 1 aliphatic heterocycles. The maximum atomic E-state index is 12.5. The zero-order valence-corrected chi connectivity index (χ0v) is 14.5. The quantitative estimate of drug-likeness (QED) is 0.899. The Morgan fingerprint density at radius 3 is 2.36 bits per heavy atom. The SMILES string of the molecule is Cc1cccc(C)c1NC(=O)N1CCC(NC(=O)c2ccco2)CC1. The minimum absolute atomic E-state index is 0.0573. The van der Waals surface area contributed by atoms with Crippen LogP contribution in [0.5, 0.6) is 0 Å². The molecule has 1 aliphatic rings. The number of piperidine rings is 1. The maximum absolute atomic E-state index is 12.5. The standard InChI is InChI=1S/C19H23N3O3/c1-13-5-3-6-14(2)17(13)21-19(24)22-10-8-15(9-11-22)20-18(23)16-7-4-12-25-16/h3-7,12,15H,8-11H2,1-2H3,(H,20,23)(H,21,24). The van der Waals surface area contributed by atoms with Crippen molar-refractivity contribution in [1.82, 2.24) is 10.2 Å². The number of nitrogens with one attached hydrogen (secondary N) is 2. The molecule has 6 nitrogen and oxygen atoms in total. The van der Waals surface area contributed by atoms with E-state index in [2.05, 4.69) is 10.6 Å². The summed E-state index contributed by atoms with van der Waals surface area (Å²) in [5, 5.41) is 5.97. The molecule has 0 spiro atoms. The molecule has 1 saturated heterocycles. The normalized spacial score (nSPS) is 15.0. The number of likely N-dealkylation sites (tertiary alicyclic amines) is 1. The zero-order valence-electron chi connectivity index (χ0n) is 14.5. The second-order valence-electron chi connectivity index (χ2n) is 6.41. The Kier molecular flexibility index (Phi) is 5.07. The van der Waals surface area contributed by atoms with Gasteiger partial charge in [-0.2, -0.15) is 0 Å². The highest BCUT2D eigenvalue weighted by Gasteiger charge is 2.25. The summed E-state index contributed by atoms with van der Waals surface area (Å²) < 4.78 is 5.10. The summed E-state index contributed by atoms with van der Waals surface area (Å²) in [5.41, 5.74) is 2.98. The van der Waals surface area contributed by atoms with Gasteiger partial charge in [0, 0.05) is 24.8 Å². The lowest BCUT2D eigenvalue weighted by Crippen LogP contribution is -2.47. The van der Waals surface area contributed by atoms with E-state index in [1.54, 1.807) is 17.0 Å². The van der Waals surface area contributed by atoms with Gasteiger partial charge in [0.05, 0.1) is 6.26 Å². The van der Waals surface area contributed by atoms with Gasteiger partial charge in [0.2, 0.25) is 0 Å². The van der Waals surface area contributed by atoms with Crippen molar-refractivity contribution in [1.29, 1.82) is 0 Å². The summed E-state index contributed by atoms with van der Waals surface area (Å²) in [6.45, 7) is 5.19. The smallest absolute Gasteiger partial charge is 0.321 e. The molecule has 6 heteroatoms. The van der Waals surface area contributed by atoms with E-state index in [1.807, 2.05) is 32.0 Å². The molecular weight excluding hydrogens is 318 g/mol. The van der Waals surface area contributed by atoms with E-state index in [4.69, 9.17) is 4.42 Å². The molecule has 0 unspecified atom stereocenters. The van der Waals surface area contributed by atoms with E-state index < -0.39 is 0 Å². The number of anilines is 1. The number of aryl methyl sites for hydroxylation is 2. The molecule has 1 aromatic carbocycles. The third kappa shape index (κ3) is 4.02. The topological polar surface area (TPSA) is 74.6 Å². The first-order chi connectivity index (χ1) is 12.0. The van der Waals surface area contributed by atoms with Crippen LogP contribution >= 0.6 is 0 Å². The van der Waals surface area contributed by atoms with Gasteiger partial charge in [0.15, 0.2) is 5.76 Å². The number of amides is 3. The van der Waals surface area contributed by atoms with Crippen molar-refractivity contribution in [2.24, 2.45) is 0 Å². The second-order valence-corrected chi connectivity index (χ2v) is 6.41. The first-order valence-electron chi connectivity index (χ1n) is 8.51. The number of benzene rings is 1. The highest BCUT2D eigenvalue weighted by atomic mass is 16.3. The van der Waals surface area contributed by atoms with E-state index in [9.17, 15) is 9.59 Å². The average molecular weight is 341 g/mol. The van der Waals surface area contributed by atoms with Gasteiger partial charge in [-0.05, 0) is 49.9 Å². The first kappa shape index (κ1) is 17.1. The lowest BCUT2D eigenvalue weighted by Gasteiger charge is -2.32. The van der Waals surface area contributed by atoms with Crippen molar-refractivity contribution in [2.45, 2.75) is 32.7 Å². The molecule has 3 amide bonds. The second kappa shape index (κ2) is 7.42. The third-order valence-electron chi connectivity index (χ3n) is 4.58. The first-order valence-corrected chi connectivity index (χ1v) is 8.51. The van der Waals surface area contributed by atoms with Crippen LogP contribution < -0.4 is 10.6 Å². The number of hydrogen-bond acceptors (Lipinski definition) is 3. The van der Waals surface area contributed by atoms with E-state index in [0.717, 1.165) is 29.7 Å². The molecule has 2 N–H and O–H groups in total. The van der Waals surface area contributed by atoms with E-state index in [0.29, 0.717) is 18.8 Å². The molecule has 0 saturated carbocycles. The molecule has 2 heterocycles. The number of para-hydroxylation sites is 1. The zero-order chi connectivity index (χ0) is 17.8. The average Bonchev–Trinajstić information content (AvgIpc) is 3.13. The molecule has 1 fully saturated rings. The van der Waals surface area contributed by atoms with Gasteiger partial charge in [-0.15, -0.1) is 0 Å². The molecule has 0 radical (unpaired) electrons. The van der Waals surface area contributed by atoms with Crippen molar-refractivity contribution >= 4 is 17.6 Å². The molecule has 0 bridgehead atoms.